The molecule has 1 aromatic heterocycles. The van der Waals surface area contributed by atoms with E-state index in [0.29, 0.717) is 16.3 Å². The Bertz CT molecular complexity index is 512. The van der Waals surface area contributed by atoms with E-state index >= 15 is 0 Å². The summed E-state index contributed by atoms with van der Waals surface area (Å²) in [7, 11) is 0. The minimum absolute atomic E-state index is 0.377. The zero-order valence-electron chi connectivity index (χ0n) is 7.27. The maximum Gasteiger partial charge on any atom is 0.214 e. The van der Waals surface area contributed by atoms with Gasteiger partial charge in [0, 0.05) is 11.3 Å². The minimum atomic E-state index is 0.377. The Labute approximate surface area is 85.3 Å². The van der Waals surface area contributed by atoms with E-state index in [1.807, 2.05) is 12.1 Å². The number of rotatable bonds is 1. The van der Waals surface area contributed by atoms with Gasteiger partial charge in [0.05, 0.1) is 0 Å². The molecule has 2 aromatic rings. The molecule has 0 aliphatic carbocycles. The molecule has 0 aliphatic rings. The second-order valence-corrected chi connectivity index (χ2v) is 3.23. The summed E-state index contributed by atoms with van der Waals surface area (Å²) in [5, 5.41) is 6.60. The van der Waals surface area contributed by atoms with Gasteiger partial charge in [-0.3, -0.25) is 0 Å². The summed E-state index contributed by atoms with van der Waals surface area (Å²) in [4.78, 5) is 0. The Kier molecular flexibility index (Phi) is 1.97. The van der Waals surface area contributed by atoms with Crippen LogP contribution in [0.15, 0.2) is 24.3 Å². The molecule has 5 N–H and O–H groups in total. The number of benzene rings is 1. The van der Waals surface area contributed by atoms with Crippen molar-refractivity contribution in [1.29, 1.82) is 0 Å². The zero-order chi connectivity index (χ0) is 10.1. The number of aromatic nitrogens is 3. The first-order valence-corrected chi connectivity index (χ1v) is 4.38. The number of nitrogen functional groups attached to an aromatic ring is 2. The Hall–Kier alpha value is -1.82. The third kappa shape index (κ3) is 1.35. The molecule has 14 heavy (non-hydrogen) atoms. The standard InChI is InChI=1S/C8H9N5S/c9-6-3-1-2-5(4-6)7-11-12-8(14)13(7)10/h1-4H,9-10H2,(H,12,14). The summed E-state index contributed by atoms with van der Waals surface area (Å²) in [6.07, 6.45) is 0. The monoisotopic (exact) mass is 207 g/mol. The largest absolute Gasteiger partial charge is 0.399 e. The van der Waals surface area contributed by atoms with Crippen LogP contribution in [0.3, 0.4) is 0 Å². The molecule has 1 aromatic carbocycles. The Morgan fingerprint density at radius 2 is 2.21 bits per heavy atom. The van der Waals surface area contributed by atoms with Crippen molar-refractivity contribution in [2.24, 2.45) is 0 Å². The quantitative estimate of drug-likeness (QED) is 0.368. The Balaban J connectivity index is 2.60. The maximum atomic E-state index is 5.66. The van der Waals surface area contributed by atoms with Crippen molar-refractivity contribution in [1.82, 2.24) is 14.9 Å². The molecular formula is C8H9N5S. The summed E-state index contributed by atoms with van der Waals surface area (Å²) in [6.45, 7) is 0. The molecule has 0 fully saturated rings. The van der Waals surface area contributed by atoms with Gasteiger partial charge in [-0.2, -0.15) is 5.10 Å². The fraction of sp³-hybridized carbons (Fsp3) is 0. The molecule has 0 bridgehead atoms. The lowest BCUT2D eigenvalue weighted by molar-refractivity contribution is 0.984. The molecule has 0 amide bonds. The second-order valence-electron chi connectivity index (χ2n) is 2.85. The summed E-state index contributed by atoms with van der Waals surface area (Å²) in [6, 6.07) is 7.28. The third-order valence-corrected chi connectivity index (χ3v) is 2.14. The average molecular weight is 207 g/mol. The molecule has 1 heterocycles. The summed E-state index contributed by atoms with van der Waals surface area (Å²) >= 11 is 4.90. The van der Waals surface area contributed by atoms with Crippen LogP contribution >= 0.6 is 12.2 Å². The molecule has 2 rings (SSSR count). The van der Waals surface area contributed by atoms with Gasteiger partial charge in [0.1, 0.15) is 0 Å². The van der Waals surface area contributed by atoms with Gasteiger partial charge in [0.25, 0.3) is 0 Å². The van der Waals surface area contributed by atoms with Gasteiger partial charge in [-0.1, -0.05) is 12.1 Å². The van der Waals surface area contributed by atoms with E-state index < -0.39 is 0 Å². The molecule has 0 saturated heterocycles. The van der Waals surface area contributed by atoms with Crippen molar-refractivity contribution in [3.63, 3.8) is 0 Å². The lowest BCUT2D eigenvalue weighted by Gasteiger charge is -2.00. The van der Waals surface area contributed by atoms with Crippen molar-refractivity contribution in [2.75, 3.05) is 11.6 Å². The predicted molar refractivity (Wildman–Crippen MR) is 57.4 cm³/mol. The zero-order valence-corrected chi connectivity index (χ0v) is 8.08. The predicted octanol–water partition coefficient (Wildman–Crippen LogP) is 0.904. The number of nitrogens with two attached hydrogens (primary N) is 2. The molecule has 0 saturated carbocycles. The number of anilines is 1. The first-order chi connectivity index (χ1) is 6.68. The number of hydrogen-bond acceptors (Lipinski definition) is 4. The number of nitrogens with one attached hydrogen (secondary N) is 1. The summed E-state index contributed by atoms with van der Waals surface area (Å²) in [5.74, 6) is 6.23. The van der Waals surface area contributed by atoms with Crippen LogP contribution in [0, 0.1) is 4.77 Å². The molecule has 0 aliphatic heterocycles. The highest BCUT2D eigenvalue weighted by Gasteiger charge is 2.05. The van der Waals surface area contributed by atoms with Crippen LogP contribution < -0.4 is 11.6 Å². The highest BCUT2D eigenvalue weighted by atomic mass is 32.1. The fourth-order valence-corrected chi connectivity index (χ4v) is 1.32. The normalized spacial score (nSPS) is 10.3. The van der Waals surface area contributed by atoms with Crippen LogP contribution in [-0.2, 0) is 0 Å². The second kappa shape index (κ2) is 3.15. The molecular weight excluding hydrogens is 198 g/mol. The summed E-state index contributed by atoms with van der Waals surface area (Å²) in [5.41, 5.74) is 7.14. The molecule has 72 valence electrons. The third-order valence-electron chi connectivity index (χ3n) is 1.85. The fourth-order valence-electron chi connectivity index (χ4n) is 1.19. The summed E-state index contributed by atoms with van der Waals surface area (Å²) < 4.78 is 1.69. The van der Waals surface area contributed by atoms with Crippen molar-refractivity contribution in [3.8, 4) is 11.4 Å². The van der Waals surface area contributed by atoms with Crippen LogP contribution in [0.4, 0.5) is 5.69 Å². The van der Waals surface area contributed by atoms with Crippen molar-refractivity contribution in [3.05, 3.63) is 29.0 Å². The number of aromatic amines is 1. The van der Waals surface area contributed by atoms with Gasteiger partial charge in [-0.15, -0.1) is 0 Å². The molecule has 6 heteroatoms. The van der Waals surface area contributed by atoms with E-state index in [9.17, 15) is 0 Å². The number of nitrogens with zero attached hydrogens (tertiary/aromatic N) is 2. The van der Waals surface area contributed by atoms with E-state index in [1.54, 1.807) is 12.1 Å². The molecule has 0 spiro atoms. The first kappa shape index (κ1) is 8.76. The molecule has 5 nitrogen and oxygen atoms in total. The SMILES string of the molecule is Nc1cccc(-c2n[nH]c(=S)n2N)c1. The minimum Gasteiger partial charge on any atom is -0.399 e. The molecule has 0 atom stereocenters. The first-order valence-electron chi connectivity index (χ1n) is 3.97. The van der Waals surface area contributed by atoms with Crippen molar-refractivity contribution in [2.45, 2.75) is 0 Å². The van der Waals surface area contributed by atoms with Gasteiger partial charge in [-0.25, -0.2) is 9.77 Å². The number of H-pyrrole nitrogens is 1. The van der Waals surface area contributed by atoms with E-state index in [0.717, 1.165) is 5.56 Å². The van der Waals surface area contributed by atoms with Crippen LogP contribution in [-0.4, -0.2) is 14.9 Å². The lowest BCUT2D eigenvalue weighted by atomic mass is 10.2. The average Bonchev–Trinajstić information content (AvgIpc) is 2.48. The van der Waals surface area contributed by atoms with Crippen molar-refractivity contribution >= 4 is 17.9 Å². The van der Waals surface area contributed by atoms with Crippen LogP contribution in [0.1, 0.15) is 0 Å². The van der Waals surface area contributed by atoms with Gasteiger partial charge >= 0.3 is 0 Å². The van der Waals surface area contributed by atoms with E-state index in [4.69, 9.17) is 23.8 Å². The molecule has 0 unspecified atom stereocenters. The number of hydrogen-bond donors (Lipinski definition) is 3. The molecule has 0 radical (unpaired) electrons. The maximum absolute atomic E-state index is 5.66. The van der Waals surface area contributed by atoms with E-state index in [1.165, 1.54) is 4.68 Å². The van der Waals surface area contributed by atoms with Gasteiger partial charge in [0.2, 0.25) is 4.77 Å². The topological polar surface area (TPSA) is 85.6 Å². The Morgan fingerprint density at radius 1 is 1.43 bits per heavy atom. The van der Waals surface area contributed by atoms with Crippen LogP contribution in [0.2, 0.25) is 0 Å². The smallest absolute Gasteiger partial charge is 0.214 e. The highest BCUT2D eigenvalue weighted by molar-refractivity contribution is 7.71. The van der Waals surface area contributed by atoms with Crippen molar-refractivity contribution < 1.29 is 0 Å². The van der Waals surface area contributed by atoms with Gasteiger partial charge in [-0.05, 0) is 24.4 Å². The lowest BCUT2D eigenvalue weighted by Crippen LogP contribution is -2.09. The van der Waals surface area contributed by atoms with Gasteiger partial charge < -0.3 is 11.6 Å². The van der Waals surface area contributed by atoms with E-state index in [-0.39, 0.29) is 0 Å². The van der Waals surface area contributed by atoms with E-state index in [2.05, 4.69) is 10.2 Å². The Morgan fingerprint density at radius 3 is 2.79 bits per heavy atom. The van der Waals surface area contributed by atoms with Crippen LogP contribution in [0.5, 0.6) is 0 Å². The highest BCUT2D eigenvalue weighted by Crippen LogP contribution is 2.17. The van der Waals surface area contributed by atoms with Crippen LogP contribution in [0.25, 0.3) is 11.4 Å². The van der Waals surface area contributed by atoms with Gasteiger partial charge in [0.15, 0.2) is 5.82 Å².